The van der Waals surface area contributed by atoms with E-state index in [4.69, 9.17) is 19.3 Å². The number of hydrogen-bond donors (Lipinski definition) is 1. The number of nitrogens with zero attached hydrogens (tertiary/aromatic N) is 2. The largest absolute Gasteiger partial charge is 0.496 e. The molecular formula is C41H34N2O10. The normalized spacial score (nSPS) is 10.5. The zero-order valence-electron chi connectivity index (χ0n) is 29.2. The van der Waals surface area contributed by atoms with E-state index in [9.17, 15) is 29.3 Å². The second-order valence-electron chi connectivity index (χ2n) is 11.6. The fourth-order valence-electron chi connectivity index (χ4n) is 5.69. The Morgan fingerprint density at radius 3 is 1.62 bits per heavy atom. The first kappa shape index (κ1) is 37.2. The number of carbonyl (C=O) groups is 4. The van der Waals surface area contributed by atoms with Crippen LogP contribution in [-0.4, -0.2) is 47.5 Å². The van der Waals surface area contributed by atoms with E-state index < -0.39 is 22.8 Å². The van der Waals surface area contributed by atoms with Crippen molar-refractivity contribution in [1.82, 2.24) is 0 Å². The average Bonchev–Trinajstić information content (AvgIpc) is 3.14. The van der Waals surface area contributed by atoms with Gasteiger partial charge in [0.05, 0.1) is 17.6 Å². The van der Waals surface area contributed by atoms with Crippen molar-refractivity contribution in [3.8, 4) is 28.4 Å². The Morgan fingerprint density at radius 1 is 0.679 bits per heavy atom. The van der Waals surface area contributed by atoms with Crippen molar-refractivity contribution < 1.29 is 43.4 Å². The third-order valence-electron chi connectivity index (χ3n) is 8.11. The monoisotopic (exact) mass is 714 g/mol. The summed E-state index contributed by atoms with van der Waals surface area (Å²) in [6.07, 6.45) is 0. The lowest BCUT2D eigenvalue weighted by Crippen LogP contribution is -2.31. The number of ether oxygens (including phenoxy) is 3. The Balaban J connectivity index is 0.000000265. The number of amides is 1. The number of nitro benzene ring substituents is 1. The zero-order valence-corrected chi connectivity index (χ0v) is 29.2. The second kappa shape index (κ2) is 16.3. The SMILES string of the molecule is CC(=O)Oc1cc2ccccc2cc1C(=O)O.CCN(C(=O)c1cc2ccccc2cc1OC(C)=O)c1ccc(OC)c(-c2ccc([N+](=O)[O-])cc2)c1. The van der Waals surface area contributed by atoms with Crippen molar-refractivity contribution in [3.05, 3.63) is 137 Å². The van der Waals surface area contributed by atoms with Gasteiger partial charge in [-0.05, 0) is 88.6 Å². The minimum absolute atomic E-state index is 0.0149. The minimum Gasteiger partial charge on any atom is -0.496 e. The predicted octanol–water partition coefficient (Wildman–Crippen LogP) is 8.48. The molecule has 0 fully saturated rings. The lowest BCUT2D eigenvalue weighted by atomic mass is 10.0. The quantitative estimate of drug-likeness (QED) is 0.0665. The first-order valence-electron chi connectivity index (χ1n) is 16.3. The van der Waals surface area contributed by atoms with Crippen LogP contribution in [0.3, 0.4) is 0 Å². The molecule has 0 radical (unpaired) electrons. The summed E-state index contributed by atoms with van der Waals surface area (Å²) in [6, 6.07) is 32.7. The van der Waals surface area contributed by atoms with E-state index >= 15 is 0 Å². The van der Waals surface area contributed by atoms with E-state index in [1.54, 1.807) is 59.5 Å². The van der Waals surface area contributed by atoms with Crippen LogP contribution in [0.4, 0.5) is 11.4 Å². The fourth-order valence-corrected chi connectivity index (χ4v) is 5.69. The summed E-state index contributed by atoms with van der Waals surface area (Å²) < 4.78 is 15.8. The second-order valence-corrected chi connectivity index (χ2v) is 11.6. The van der Waals surface area contributed by atoms with E-state index in [1.165, 1.54) is 39.2 Å². The number of non-ortho nitro benzene ring substituents is 1. The van der Waals surface area contributed by atoms with Gasteiger partial charge in [-0.2, -0.15) is 0 Å². The predicted molar refractivity (Wildman–Crippen MR) is 200 cm³/mol. The number of esters is 2. The molecule has 0 saturated heterocycles. The molecule has 0 aliphatic rings. The number of aromatic carboxylic acids is 1. The van der Waals surface area contributed by atoms with E-state index in [-0.39, 0.29) is 34.2 Å². The highest BCUT2D eigenvalue weighted by atomic mass is 16.6. The van der Waals surface area contributed by atoms with E-state index in [0.717, 1.165) is 21.5 Å². The summed E-state index contributed by atoms with van der Waals surface area (Å²) in [5.74, 6) is -1.69. The molecule has 12 nitrogen and oxygen atoms in total. The molecule has 0 aliphatic carbocycles. The standard InChI is InChI=1S/C28H24N2O6.C13H10O4/c1-4-29(28(32)25-15-20-7-5-6-8-21(20)16-27(25)36-18(2)31)23-13-14-26(35-3)24(17-23)19-9-11-22(12-10-19)30(33)34;1-8(14)17-12-7-10-5-3-2-4-9(10)6-11(12)13(15)16/h5-17H,4H2,1-3H3;2-7H,1H3,(H,15,16). The topological polar surface area (TPSA) is 163 Å². The van der Waals surface area contributed by atoms with Gasteiger partial charge in [0.25, 0.3) is 11.6 Å². The number of rotatable bonds is 9. The maximum absolute atomic E-state index is 13.8. The van der Waals surface area contributed by atoms with E-state index in [1.807, 2.05) is 49.4 Å². The summed E-state index contributed by atoms with van der Waals surface area (Å²) in [5, 5.41) is 23.4. The van der Waals surface area contributed by atoms with Crippen LogP contribution in [0.25, 0.3) is 32.7 Å². The van der Waals surface area contributed by atoms with Crippen molar-refractivity contribution in [2.75, 3.05) is 18.6 Å². The molecule has 0 atom stereocenters. The van der Waals surface area contributed by atoms with Gasteiger partial charge in [-0.25, -0.2) is 4.79 Å². The highest BCUT2D eigenvalue weighted by molar-refractivity contribution is 6.11. The van der Waals surface area contributed by atoms with Crippen LogP contribution >= 0.6 is 0 Å². The number of nitro groups is 1. The van der Waals surface area contributed by atoms with Gasteiger partial charge in [-0.3, -0.25) is 24.5 Å². The molecule has 0 aliphatic heterocycles. The third kappa shape index (κ3) is 8.63. The molecule has 0 spiro atoms. The van der Waals surface area contributed by atoms with Crippen LogP contribution < -0.4 is 19.1 Å². The van der Waals surface area contributed by atoms with Crippen LogP contribution in [0.1, 0.15) is 41.5 Å². The van der Waals surface area contributed by atoms with Gasteiger partial charge in [-0.1, -0.05) is 48.5 Å². The molecule has 1 amide bonds. The highest BCUT2D eigenvalue weighted by Crippen LogP contribution is 2.36. The van der Waals surface area contributed by atoms with Crippen LogP contribution in [0.2, 0.25) is 0 Å². The molecule has 6 rings (SSSR count). The maximum Gasteiger partial charge on any atom is 0.339 e. The number of fused-ring (bicyclic) bond motifs is 2. The van der Waals surface area contributed by atoms with Gasteiger partial charge in [-0.15, -0.1) is 0 Å². The minimum atomic E-state index is -1.12. The number of carbonyl (C=O) groups excluding carboxylic acids is 3. The summed E-state index contributed by atoms with van der Waals surface area (Å²) >= 11 is 0. The van der Waals surface area contributed by atoms with Gasteiger partial charge in [0.15, 0.2) is 0 Å². The number of anilines is 1. The number of carboxylic acids is 1. The molecule has 0 saturated carbocycles. The first-order chi connectivity index (χ1) is 25.4. The molecule has 1 N–H and O–H groups in total. The Hall–Kier alpha value is -7.08. The van der Waals surface area contributed by atoms with Crippen molar-refractivity contribution >= 4 is 56.7 Å². The Morgan fingerprint density at radius 2 is 1.17 bits per heavy atom. The van der Waals surface area contributed by atoms with Crippen molar-refractivity contribution in [2.45, 2.75) is 20.8 Å². The van der Waals surface area contributed by atoms with Gasteiger partial charge >= 0.3 is 17.9 Å². The highest BCUT2D eigenvalue weighted by Gasteiger charge is 2.23. The van der Waals surface area contributed by atoms with Gasteiger partial charge in [0.1, 0.15) is 22.8 Å². The lowest BCUT2D eigenvalue weighted by molar-refractivity contribution is -0.384. The Kier molecular flexibility index (Phi) is 11.4. The molecule has 6 aromatic carbocycles. The van der Waals surface area contributed by atoms with Crippen LogP contribution in [0.15, 0.2) is 115 Å². The lowest BCUT2D eigenvalue weighted by Gasteiger charge is -2.24. The summed E-state index contributed by atoms with van der Waals surface area (Å²) in [7, 11) is 1.53. The van der Waals surface area contributed by atoms with Crippen molar-refractivity contribution in [1.29, 1.82) is 0 Å². The smallest absolute Gasteiger partial charge is 0.339 e. The number of hydrogen-bond acceptors (Lipinski definition) is 9. The van der Waals surface area contributed by atoms with E-state index in [2.05, 4.69) is 0 Å². The first-order valence-corrected chi connectivity index (χ1v) is 16.3. The summed E-state index contributed by atoms with van der Waals surface area (Å²) in [4.78, 5) is 59.7. The molecule has 53 heavy (non-hydrogen) atoms. The summed E-state index contributed by atoms with van der Waals surface area (Å²) in [6.45, 7) is 4.72. The molecule has 0 unspecified atom stereocenters. The number of carboxylic acid groups (broad SMARTS) is 1. The average molecular weight is 715 g/mol. The molecule has 0 aromatic heterocycles. The van der Waals surface area contributed by atoms with Crippen LogP contribution in [-0.2, 0) is 9.59 Å². The summed E-state index contributed by atoms with van der Waals surface area (Å²) in [5.41, 5.74) is 2.20. The Labute approximate surface area is 303 Å². The van der Waals surface area contributed by atoms with Gasteiger partial charge in [0, 0.05) is 43.8 Å². The maximum atomic E-state index is 13.8. The van der Waals surface area contributed by atoms with Crippen LogP contribution in [0.5, 0.6) is 17.2 Å². The van der Waals surface area contributed by atoms with Crippen LogP contribution in [0, 0.1) is 10.1 Å². The molecule has 6 aromatic rings. The third-order valence-corrected chi connectivity index (χ3v) is 8.11. The fraction of sp³-hybridized carbons (Fsp3) is 0.122. The Bertz CT molecular complexity index is 2370. The van der Waals surface area contributed by atoms with E-state index in [0.29, 0.717) is 29.1 Å². The molecular weight excluding hydrogens is 680 g/mol. The molecule has 0 heterocycles. The van der Waals surface area contributed by atoms with Crippen molar-refractivity contribution in [3.63, 3.8) is 0 Å². The molecule has 12 heteroatoms. The number of methoxy groups -OCH3 is 1. The molecule has 268 valence electrons. The molecule has 0 bridgehead atoms. The van der Waals surface area contributed by atoms with Gasteiger partial charge in [0.2, 0.25) is 0 Å². The zero-order chi connectivity index (χ0) is 38.2. The number of benzene rings is 6. The van der Waals surface area contributed by atoms with Crippen molar-refractivity contribution in [2.24, 2.45) is 0 Å². The van der Waals surface area contributed by atoms with Gasteiger partial charge < -0.3 is 24.2 Å².